The van der Waals surface area contributed by atoms with E-state index in [0.717, 1.165) is 12.3 Å². The van der Waals surface area contributed by atoms with Gasteiger partial charge in [0, 0.05) is 12.6 Å². The van der Waals surface area contributed by atoms with Crippen LogP contribution in [0.4, 0.5) is 0 Å². The second kappa shape index (κ2) is 4.86. The molecule has 0 bridgehead atoms. The molecule has 1 fully saturated rings. The predicted octanol–water partition coefficient (Wildman–Crippen LogP) is 3.11. The monoisotopic (exact) mass is 258 g/mol. The first kappa shape index (κ1) is 13.9. The summed E-state index contributed by atoms with van der Waals surface area (Å²) in [6.07, 6.45) is 0. The SMILES string of the molecule is CC1(C)C(NCc2cccc(OCC#N)c2)C1(C)C. The Labute approximate surface area is 115 Å². The fraction of sp³-hybridized carbons (Fsp3) is 0.562. The van der Waals surface area contributed by atoms with Gasteiger partial charge in [-0.2, -0.15) is 5.26 Å². The van der Waals surface area contributed by atoms with Crippen molar-refractivity contribution in [3.05, 3.63) is 29.8 Å². The quantitative estimate of drug-likeness (QED) is 0.882. The molecular formula is C16H22N2O. The molecule has 0 amide bonds. The number of benzene rings is 1. The third-order valence-electron chi connectivity index (χ3n) is 4.73. The number of nitrogens with zero attached hydrogens (tertiary/aromatic N) is 1. The minimum atomic E-state index is 0.0968. The van der Waals surface area contributed by atoms with Gasteiger partial charge >= 0.3 is 0 Å². The van der Waals surface area contributed by atoms with E-state index in [1.54, 1.807) is 0 Å². The maximum Gasteiger partial charge on any atom is 0.174 e. The van der Waals surface area contributed by atoms with E-state index >= 15 is 0 Å². The Bertz CT molecular complexity index is 486. The minimum Gasteiger partial charge on any atom is -0.479 e. The molecule has 0 radical (unpaired) electrons. The zero-order chi connectivity index (χ0) is 14.1. The van der Waals surface area contributed by atoms with E-state index in [0.29, 0.717) is 16.9 Å². The molecule has 3 nitrogen and oxygen atoms in total. The highest BCUT2D eigenvalue weighted by Gasteiger charge is 2.64. The highest BCUT2D eigenvalue weighted by atomic mass is 16.5. The summed E-state index contributed by atoms with van der Waals surface area (Å²) in [6, 6.07) is 10.4. The van der Waals surface area contributed by atoms with E-state index in [4.69, 9.17) is 10.00 Å². The fourth-order valence-corrected chi connectivity index (χ4v) is 2.79. The first-order valence-electron chi connectivity index (χ1n) is 6.71. The highest BCUT2D eigenvalue weighted by molar-refractivity contribution is 5.29. The van der Waals surface area contributed by atoms with Crippen molar-refractivity contribution in [3.8, 4) is 11.8 Å². The fourth-order valence-electron chi connectivity index (χ4n) is 2.79. The van der Waals surface area contributed by atoms with E-state index < -0.39 is 0 Å². The molecule has 2 rings (SSSR count). The van der Waals surface area contributed by atoms with Gasteiger partial charge in [0.05, 0.1) is 0 Å². The van der Waals surface area contributed by atoms with Gasteiger partial charge < -0.3 is 10.1 Å². The summed E-state index contributed by atoms with van der Waals surface area (Å²) < 4.78 is 5.31. The van der Waals surface area contributed by atoms with Crippen LogP contribution < -0.4 is 10.1 Å². The normalized spacial score (nSPS) is 19.7. The molecule has 0 unspecified atom stereocenters. The van der Waals surface area contributed by atoms with E-state index in [1.165, 1.54) is 5.56 Å². The van der Waals surface area contributed by atoms with Crippen LogP contribution in [0.15, 0.2) is 24.3 Å². The Morgan fingerprint density at radius 2 is 1.95 bits per heavy atom. The van der Waals surface area contributed by atoms with E-state index in [1.807, 2.05) is 24.3 Å². The molecule has 1 N–H and O–H groups in total. The molecule has 1 aromatic carbocycles. The first-order valence-corrected chi connectivity index (χ1v) is 6.71. The molecule has 0 saturated heterocycles. The van der Waals surface area contributed by atoms with Crippen LogP contribution in [-0.2, 0) is 6.54 Å². The molecule has 0 atom stereocenters. The molecule has 102 valence electrons. The van der Waals surface area contributed by atoms with Crippen molar-refractivity contribution in [3.63, 3.8) is 0 Å². The van der Waals surface area contributed by atoms with Crippen molar-refractivity contribution < 1.29 is 4.74 Å². The Morgan fingerprint density at radius 1 is 1.26 bits per heavy atom. The number of rotatable bonds is 5. The Balaban J connectivity index is 1.93. The Hall–Kier alpha value is -1.53. The lowest BCUT2D eigenvalue weighted by Crippen LogP contribution is -2.21. The summed E-state index contributed by atoms with van der Waals surface area (Å²) in [7, 11) is 0. The average molecular weight is 258 g/mol. The average Bonchev–Trinajstić information content (AvgIpc) is 2.75. The van der Waals surface area contributed by atoms with Gasteiger partial charge in [-0.05, 0) is 28.5 Å². The summed E-state index contributed by atoms with van der Waals surface area (Å²) in [5.74, 6) is 0.759. The summed E-state index contributed by atoms with van der Waals surface area (Å²) in [4.78, 5) is 0. The molecule has 1 aliphatic rings. The van der Waals surface area contributed by atoms with Crippen LogP contribution in [0.25, 0.3) is 0 Å². The van der Waals surface area contributed by atoms with E-state index in [2.05, 4.69) is 39.1 Å². The molecule has 1 saturated carbocycles. The molecule has 0 heterocycles. The third-order valence-corrected chi connectivity index (χ3v) is 4.73. The predicted molar refractivity (Wildman–Crippen MR) is 75.7 cm³/mol. The van der Waals surface area contributed by atoms with Gasteiger partial charge in [-0.25, -0.2) is 0 Å². The van der Waals surface area contributed by atoms with Gasteiger partial charge in [0.15, 0.2) is 6.61 Å². The van der Waals surface area contributed by atoms with Crippen LogP contribution in [-0.4, -0.2) is 12.6 Å². The van der Waals surface area contributed by atoms with E-state index in [9.17, 15) is 0 Å². The number of nitrogens with one attached hydrogen (secondary N) is 1. The maximum atomic E-state index is 8.51. The molecule has 0 aliphatic heterocycles. The van der Waals surface area contributed by atoms with E-state index in [-0.39, 0.29) is 6.61 Å². The topological polar surface area (TPSA) is 45.0 Å². The second-order valence-corrected chi connectivity index (χ2v) is 6.35. The van der Waals surface area contributed by atoms with Crippen LogP contribution in [0.3, 0.4) is 0 Å². The Morgan fingerprint density at radius 3 is 2.53 bits per heavy atom. The standard InChI is InChI=1S/C16H22N2O/c1-15(2)14(16(15,3)4)18-11-12-6-5-7-13(10-12)19-9-8-17/h5-7,10,14,18H,9,11H2,1-4H3. The zero-order valence-electron chi connectivity index (χ0n) is 12.2. The maximum absolute atomic E-state index is 8.51. The van der Waals surface area contributed by atoms with Crippen LogP contribution in [0.2, 0.25) is 0 Å². The minimum absolute atomic E-state index is 0.0968. The van der Waals surface area contributed by atoms with Crippen molar-refractivity contribution in [1.29, 1.82) is 5.26 Å². The second-order valence-electron chi connectivity index (χ2n) is 6.35. The van der Waals surface area contributed by atoms with Crippen LogP contribution in [0, 0.1) is 22.2 Å². The molecule has 3 heteroatoms. The van der Waals surface area contributed by atoms with Gasteiger partial charge in [0.25, 0.3) is 0 Å². The largest absolute Gasteiger partial charge is 0.479 e. The van der Waals surface area contributed by atoms with Gasteiger partial charge in [0.2, 0.25) is 0 Å². The lowest BCUT2D eigenvalue weighted by Gasteiger charge is -2.08. The van der Waals surface area contributed by atoms with Gasteiger partial charge in [-0.15, -0.1) is 0 Å². The van der Waals surface area contributed by atoms with Crippen LogP contribution >= 0.6 is 0 Å². The Kier molecular flexibility index (Phi) is 3.56. The lowest BCUT2D eigenvalue weighted by molar-refractivity contribution is 0.367. The number of nitriles is 1. The van der Waals surface area contributed by atoms with Crippen molar-refractivity contribution in [2.45, 2.75) is 40.3 Å². The zero-order valence-corrected chi connectivity index (χ0v) is 12.2. The van der Waals surface area contributed by atoms with Gasteiger partial charge in [0.1, 0.15) is 11.8 Å². The molecule has 0 aromatic heterocycles. The lowest BCUT2D eigenvalue weighted by atomic mass is 10.0. The number of hydrogen-bond donors (Lipinski definition) is 1. The van der Waals surface area contributed by atoms with Crippen LogP contribution in [0.5, 0.6) is 5.75 Å². The molecule has 1 aliphatic carbocycles. The van der Waals surface area contributed by atoms with Crippen molar-refractivity contribution >= 4 is 0 Å². The van der Waals surface area contributed by atoms with Crippen molar-refractivity contribution in [2.75, 3.05) is 6.61 Å². The summed E-state index contributed by atoms with van der Waals surface area (Å²) >= 11 is 0. The summed E-state index contributed by atoms with van der Waals surface area (Å²) in [6.45, 7) is 10.1. The summed E-state index contributed by atoms with van der Waals surface area (Å²) in [5, 5.41) is 12.1. The highest BCUT2D eigenvalue weighted by Crippen LogP contribution is 2.62. The number of hydrogen-bond acceptors (Lipinski definition) is 3. The van der Waals surface area contributed by atoms with Gasteiger partial charge in [-0.3, -0.25) is 0 Å². The molecular weight excluding hydrogens is 236 g/mol. The molecule has 0 spiro atoms. The first-order chi connectivity index (χ1) is 8.89. The molecule has 19 heavy (non-hydrogen) atoms. The third kappa shape index (κ3) is 2.59. The smallest absolute Gasteiger partial charge is 0.174 e. The van der Waals surface area contributed by atoms with Crippen molar-refractivity contribution in [2.24, 2.45) is 10.8 Å². The van der Waals surface area contributed by atoms with Crippen LogP contribution in [0.1, 0.15) is 33.3 Å². The van der Waals surface area contributed by atoms with Gasteiger partial charge in [-0.1, -0.05) is 39.8 Å². The van der Waals surface area contributed by atoms with Crippen molar-refractivity contribution in [1.82, 2.24) is 5.32 Å². The molecule has 1 aromatic rings. The summed E-state index contributed by atoms with van der Waals surface area (Å²) in [5.41, 5.74) is 1.89. The number of ether oxygens (including phenoxy) is 1.